The second-order valence-electron chi connectivity index (χ2n) is 7.43. The quantitative estimate of drug-likeness (QED) is 0.695. The Morgan fingerprint density at radius 1 is 1.14 bits per heavy atom. The first-order valence-electron chi connectivity index (χ1n) is 9.45. The highest BCUT2D eigenvalue weighted by atomic mass is 35.5. The summed E-state index contributed by atoms with van der Waals surface area (Å²) in [7, 11) is -3.69. The van der Waals surface area contributed by atoms with Gasteiger partial charge in [0.05, 0.1) is 21.0 Å². The Balaban J connectivity index is 1.65. The van der Waals surface area contributed by atoms with Crippen LogP contribution in [-0.4, -0.2) is 42.6 Å². The highest BCUT2D eigenvalue weighted by molar-refractivity contribution is 7.91. The molecule has 0 amide bonds. The lowest BCUT2D eigenvalue weighted by molar-refractivity contribution is 0.275. The van der Waals surface area contributed by atoms with Crippen molar-refractivity contribution in [2.24, 2.45) is 0 Å². The molecule has 1 aromatic heterocycles. The van der Waals surface area contributed by atoms with E-state index in [-0.39, 0.29) is 9.79 Å². The van der Waals surface area contributed by atoms with Gasteiger partial charge in [-0.3, -0.25) is 10.00 Å². The highest BCUT2D eigenvalue weighted by Gasteiger charge is 2.31. The number of benzene rings is 2. The number of fused-ring (bicyclic) bond motifs is 2. The maximum absolute atomic E-state index is 13.4. The van der Waals surface area contributed by atoms with Gasteiger partial charge < -0.3 is 0 Å². The van der Waals surface area contributed by atoms with Gasteiger partial charge in [-0.2, -0.15) is 5.10 Å². The van der Waals surface area contributed by atoms with Gasteiger partial charge in [-0.15, -0.1) is 0 Å². The summed E-state index contributed by atoms with van der Waals surface area (Å²) < 4.78 is 26.7. The summed E-state index contributed by atoms with van der Waals surface area (Å²) in [5, 5.41) is 8.73. The van der Waals surface area contributed by atoms with Crippen molar-refractivity contribution in [1.82, 2.24) is 15.1 Å². The number of nitrogens with zero attached hydrogens (tertiary/aromatic N) is 2. The number of aromatic amines is 1. The minimum Gasteiger partial charge on any atom is -0.296 e. The number of hydrogen-bond donors (Lipinski definition) is 1. The largest absolute Gasteiger partial charge is 0.296 e. The first-order chi connectivity index (χ1) is 13.5. The van der Waals surface area contributed by atoms with Gasteiger partial charge in [-0.05, 0) is 67.8 Å². The van der Waals surface area contributed by atoms with E-state index in [1.807, 2.05) is 6.07 Å². The van der Waals surface area contributed by atoms with Gasteiger partial charge in [0.25, 0.3) is 0 Å². The maximum atomic E-state index is 13.4. The van der Waals surface area contributed by atoms with E-state index in [2.05, 4.69) is 21.2 Å². The zero-order valence-electron chi connectivity index (χ0n) is 15.2. The van der Waals surface area contributed by atoms with E-state index in [1.165, 1.54) is 12.8 Å². The van der Waals surface area contributed by atoms with Crippen molar-refractivity contribution in [3.05, 3.63) is 59.3 Å². The number of sulfone groups is 1. The average Bonchev–Trinajstić information content (AvgIpc) is 3.34. The summed E-state index contributed by atoms with van der Waals surface area (Å²) in [6.07, 6.45) is 5.53. The number of nitrogens with one attached hydrogen (secondary N) is 1. The van der Waals surface area contributed by atoms with Crippen molar-refractivity contribution in [3.63, 3.8) is 0 Å². The smallest absolute Gasteiger partial charge is 0.207 e. The van der Waals surface area contributed by atoms with Crippen LogP contribution in [0.25, 0.3) is 16.5 Å². The Morgan fingerprint density at radius 2 is 1.96 bits per heavy atom. The average molecular weight is 414 g/mol. The van der Waals surface area contributed by atoms with E-state index in [9.17, 15) is 8.42 Å². The number of H-pyrrole nitrogens is 1. The molecular weight excluding hydrogens is 394 g/mol. The normalized spacial score (nSPS) is 20.3. The van der Waals surface area contributed by atoms with E-state index in [1.54, 1.807) is 36.4 Å². The van der Waals surface area contributed by atoms with Crippen LogP contribution in [0.4, 0.5) is 0 Å². The van der Waals surface area contributed by atoms with E-state index >= 15 is 0 Å². The van der Waals surface area contributed by atoms with Crippen LogP contribution in [0.15, 0.2) is 58.3 Å². The Kier molecular flexibility index (Phi) is 4.30. The molecule has 1 fully saturated rings. The molecule has 28 heavy (non-hydrogen) atoms. The van der Waals surface area contributed by atoms with Gasteiger partial charge in [-0.1, -0.05) is 23.7 Å². The Morgan fingerprint density at radius 3 is 2.79 bits per heavy atom. The molecule has 0 saturated carbocycles. The molecule has 2 aliphatic rings. The molecule has 2 aromatic carbocycles. The molecule has 0 aliphatic carbocycles. The molecule has 0 spiro atoms. The van der Waals surface area contributed by atoms with Crippen LogP contribution in [0.3, 0.4) is 0 Å². The fourth-order valence-corrected chi connectivity index (χ4v) is 5.97. The Hall–Kier alpha value is -2.15. The fraction of sp³-hybridized carbons (Fsp3) is 0.286. The Labute approximate surface area is 168 Å². The van der Waals surface area contributed by atoms with Crippen LogP contribution in [0.2, 0.25) is 5.02 Å². The molecule has 3 heterocycles. The standard InChI is InChI=1S/C21H20ClN3O2S/c22-15-6-8-17(9-7-15)28(26,27)19-5-1-4-18-20(19)21(24-23-18)14-10-12-25-11-2-3-16(25)13-14/h1,4-10,16H,2-3,11-13H2,(H,23,24). The van der Waals surface area contributed by atoms with Crippen molar-refractivity contribution >= 4 is 37.9 Å². The molecule has 1 saturated heterocycles. The summed E-state index contributed by atoms with van der Waals surface area (Å²) in [4.78, 5) is 3.01. The van der Waals surface area contributed by atoms with E-state index < -0.39 is 9.84 Å². The first kappa shape index (κ1) is 17.9. The van der Waals surface area contributed by atoms with Crippen LogP contribution >= 0.6 is 11.6 Å². The Bertz CT molecular complexity index is 1180. The molecule has 144 valence electrons. The molecule has 2 aliphatic heterocycles. The van der Waals surface area contributed by atoms with Crippen molar-refractivity contribution in [3.8, 4) is 0 Å². The summed E-state index contributed by atoms with van der Waals surface area (Å²) in [5.74, 6) is 0. The van der Waals surface area contributed by atoms with E-state index in [4.69, 9.17) is 11.6 Å². The van der Waals surface area contributed by atoms with Gasteiger partial charge in [0, 0.05) is 23.0 Å². The van der Waals surface area contributed by atoms with Crippen molar-refractivity contribution < 1.29 is 8.42 Å². The summed E-state index contributed by atoms with van der Waals surface area (Å²) in [6, 6.07) is 12.1. The number of rotatable bonds is 3. The van der Waals surface area contributed by atoms with E-state index in [0.29, 0.717) is 16.5 Å². The fourth-order valence-electron chi connectivity index (χ4n) is 4.36. The molecule has 5 nitrogen and oxygen atoms in total. The van der Waals surface area contributed by atoms with Crippen molar-refractivity contribution in [2.75, 3.05) is 13.1 Å². The summed E-state index contributed by atoms with van der Waals surface area (Å²) in [6.45, 7) is 2.05. The topological polar surface area (TPSA) is 66.1 Å². The van der Waals surface area contributed by atoms with Gasteiger partial charge in [-0.25, -0.2) is 8.42 Å². The number of aromatic nitrogens is 2. The zero-order chi connectivity index (χ0) is 19.3. The minimum atomic E-state index is -3.69. The molecule has 0 radical (unpaired) electrons. The van der Waals surface area contributed by atoms with Crippen LogP contribution < -0.4 is 0 Å². The summed E-state index contributed by atoms with van der Waals surface area (Å²) >= 11 is 5.94. The second kappa shape index (κ2) is 6.72. The number of hydrogen-bond acceptors (Lipinski definition) is 4. The molecule has 1 N–H and O–H groups in total. The molecule has 7 heteroatoms. The van der Waals surface area contributed by atoms with Crippen molar-refractivity contribution in [2.45, 2.75) is 35.1 Å². The molecule has 5 rings (SSSR count). The molecule has 0 bridgehead atoms. The highest BCUT2D eigenvalue weighted by Crippen LogP contribution is 2.37. The summed E-state index contributed by atoms with van der Waals surface area (Å²) in [5.41, 5.74) is 2.63. The molecule has 1 atom stereocenters. The lowest BCUT2D eigenvalue weighted by atomic mass is 9.96. The SMILES string of the molecule is O=S(=O)(c1ccc(Cl)cc1)c1cccc2[nH]nc(C3=CCN4CCCC4C3)c12. The second-order valence-corrected chi connectivity index (χ2v) is 9.79. The molecule has 3 aromatic rings. The van der Waals surface area contributed by atoms with E-state index in [0.717, 1.165) is 36.3 Å². The molecular formula is C21H20ClN3O2S. The van der Waals surface area contributed by atoms with Gasteiger partial charge in [0.2, 0.25) is 9.84 Å². The molecule has 1 unspecified atom stereocenters. The lowest BCUT2D eigenvalue weighted by Crippen LogP contribution is -2.32. The third-order valence-electron chi connectivity index (χ3n) is 5.80. The van der Waals surface area contributed by atoms with Crippen molar-refractivity contribution in [1.29, 1.82) is 0 Å². The lowest BCUT2D eigenvalue weighted by Gasteiger charge is -2.28. The van der Waals surface area contributed by atoms with Gasteiger partial charge in [0.1, 0.15) is 0 Å². The first-order valence-corrected chi connectivity index (χ1v) is 11.3. The maximum Gasteiger partial charge on any atom is 0.207 e. The van der Waals surface area contributed by atoms with Gasteiger partial charge in [0.15, 0.2) is 0 Å². The van der Waals surface area contributed by atoms with Gasteiger partial charge >= 0.3 is 0 Å². The third-order valence-corrected chi connectivity index (χ3v) is 7.86. The monoisotopic (exact) mass is 413 g/mol. The third kappa shape index (κ3) is 2.87. The minimum absolute atomic E-state index is 0.233. The predicted molar refractivity (Wildman–Crippen MR) is 110 cm³/mol. The zero-order valence-corrected chi connectivity index (χ0v) is 16.8. The van der Waals surface area contributed by atoms with Crippen LogP contribution in [0.1, 0.15) is 25.0 Å². The van der Waals surface area contributed by atoms with Crippen LogP contribution in [0, 0.1) is 0 Å². The van der Waals surface area contributed by atoms with Crippen LogP contribution in [0.5, 0.6) is 0 Å². The predicted octanol–water partition coefficient (Wildman–Crippen LogP) is 4.30. The number of halogens is 1. The van der Waals surface area contributed by atoms with Crippen LogP contribution in [-0.2, 0) is 9.84 Å².